The summed E-state index contributed by atoms with van der Waals surface area (Å²) in [7, 11) is 3.26. The molecule has 1 atom stereocenters. The van der Waals surface area contributed by atoms with E-state index in [0.717, 1.165) is 22.4 Å². The minimum atomic E-state index is -0.617. The van der Waals surface area contributed by atoms with Crippen LogP contribution in [0.4, 0.5) is 0 Å². The van der Waals surface area contributed by atoms with Crippen molar-refractivity contribution in [2.75, 3.05) is 14.2 Å². The van der Waals surface area contributed by atoms with Crippen molar-refractivity contribution in [2.24, 2.45) is 0 Å². The number of hydrogen-bond acceptors (Lipinski definition) is 3. The number of rotatable bonds is 6. The molecule has 0 radical (unpaired) electrons. The van der Waals surface area contributed by atoms with Crippen LogP contribution in [0.2, 0.25) is 5.02 Å². The minimum Gasteiger partial charge on any atom is -0.496 e. The van der Waals surface area contributed by atoms with Gasteiger partial charge in [0.05, 0.1) is 19.8 Å². The predicted molar refractivity (Wildman–Crippen MR) is 83.8 cm³/mol. The Morgan fingerprint density at radius 1 is 1.14 bits per heavy atom. The Morgan fingerprint density at radius 2 is 1.95 bits per heavy atom. The van der Waals surface area contributed by atoms with Gasteiger partial charge in [-0.05, 0) is 34.9 Å². The lowest BCUT2D eigenvalue weighted by Crippen LogP contribution is -2.04. The topological polar surface area (TPSA) is 38.7 Å². The van der Waals surface area contributed by atoms with Crippen LogP contribution in [-0.4, -0.2) is 19.3 Å². The van der Waals surface area contributed by atoms with E-state index in [0.29, 0.717) is 18.1 Å². The maximum atomic E-state index is 10.4. The number of halogens is 1. The first-order valence-corrected chi connectivity index (χ1v) is 7.10. The van der Waals surface area contributed by atoms with Gasteiger partial charge in [0, 0.05) is 18.6 Å². The molecule has 2 aromatic rings. The fraction of sp³-hybridized carbons (Fsp3) is 0.294. The number of ether oxygens (including phenoxy) is 2. The molecule has 2 rings (SSSR count). The molecule has 3 nitrogen and oxygen atoms in total. The van der Waals surface area contributed by atoms with E-state index >= 15 is 0 Å². The van der Waals surface area contributed by atoms with Crippen LogP contribution in [0.5, 0.6) is 5.75 Å². The van der Waals surface area contributed by atoms with Crippen LogP contribution in [0.25, 0.3) is 0 Å². The lowest BCUT2D eigenvalue weighted by atomic mass is 9.99. The van der Waals surface area contributed by atoms with Crippen molar-refractivity contribution in [2.45, 2.75) is 19.1 Å². The highest BCUT2D eigenvalue weighted by Crippen LogP contribution is 2.28. The standard InChI is InChI=1S/C17H19ClO3/c1-20-11-12-4-3-5-13(8-12)16(19)10-14-9-15(18)6-7-17(14)21-2/h3-9,16,19H,10-11H2,1-2H3. The Bertz CT molecular complexity index is 598. The summed E-state index contributed by atoms with van der Waals surface area (Å²) in [5.74, 6) is 0.728. The molecule has 1 N–H and O–H groups in total. The first-order valence-electron chi connectivity index (χ1n) is 6.72. The fourth-order valence-electron chi connectivity index (χ4n) is 2.29. The van der Waals surface area contributed by atoms with E-state index in [1.54, 1.807) is 20.3 Å². The molecule has 0 aliphatic heterocycles. The molecule has 0 bridgehead atoms. The molecule has 2 aromatic carbocycles. The third-order valence-corrected chi connectivity index (χ3v) is 3.54. The van der Waals surface area contributed by atoms with Crippen LogP contribution >= 0.6 is 11.6 Å². The summed E-state index contributed by atoms with van der Waals surface area (Å²) in [6.07, 6.45) is -0.172. The van der Waals surface area contributed by atoms with Gasteiger partial charge in [0.15, 0.2) is 0 Å². The lowest BCUT2D eigenvalue weighted by Gasteiger charge is -2.15. The van der Waals surface area contributed by atoms with Crippen molar-refractivity contribution in [3.8, 4) is 5.75 Å². The van der Waals surface area contributed by atoms with Gasteiger partial charge in [-0.25, -0.2) is 0 Å². The maximum absolute atomic E-state index is 10.4. The van der Waals surface area contributed by atoms with Crippen molar-refractivity contribution in [3.63, 3.8) is 0 Å². The quantitative estimate of drug-likeness (QED) is 0.883. The zero-order valence-corrected chi connectivity index (χ0v) is 12.9. The van der Waals surface area contributed by atoms with E-state index in [1.165, 1.54) is 0 Å². The largest absolute Gasteiger partial charge is 0.496 e. The van der Waals surface area contributed by atoms with Gasteiger partial charge in [-0.3, -0.25) is 0 Å². The van der Waals surface area contributed by atoms with E-state index in [9.17, 15) is 5.11 Å². The van der Waals surface area contributed by atoms with Crippen LogP contribution in [-0.2, 0) is 17.8 Å². The van der Waals surface area contributed by atoms with Crippen molar-refractivity contribution >= 4 is 11.6 Å². The van der Waals surface area contributed by atoms with E-state index in [-0.39, 0.29) is 0 Å². The first kappa shape index (κ1) is 15.8. The summed E-state index contributed by atoms with van der Waals surface area (Å²) < 4.78 is 10.4. The van der Waals surface area contributed by atoms with Crippen molar-refractivity contribution < 1.29 is 14.6 Å². The summed E-state index contributed by atoms with van der Waals surface area (Å²) in [5, 5.41) is 11.1. The highest BCUT2D eigenvalue weighted by atomic mass is 35.5. The Balaban J connectivity index is 2.19. The molecule has 0 spiro atoms. The molecule has 21 heavy (non-hydrogen) atoms. The molecule has 0 amide bonds. The van der Waals surface area contributed by atoms with E-state index in [1.807, 2.05) is 36.4 Å². The second-order valence-electron chi connectivity index (χ2n) is 4.85. The minimum absolute atomic E-state index is 0.445. The van der Waals surface area contributed by atoms with Crippen LogP contribution in [0.15, 0.2) is 42.5 Å². The average Bonchev–Trinajstić information content (AvgIpc) is 2.48. The summed E-state index contributed by atoms with van der Waals surface area (Å²) in [6.45, 7) is 0.529. The molecule has 0 saturated carbocycles. The maximum Gasteiger partial charge on any atom is 0.122 e. The molecule has 0 aliphatic carbocycles. The Morgan fingerprint density at radius 3 is 2.67 bits per heavy atom. The molecule has 0 aromatic heterocycles. The van der Waals surface area contributed by atoms with E-state index < -0.39 is 6.10 Å². The second kappa shape index (κ2) is 7.46. The Hall–Kier alpha value is -1.55. The Labute approximate surface area is 130 Å². The highest BCUT2D eigenvalue weighted by Gasteiger charge is 2.13. The Kier molecular flexibility index (Phi) is 5.62. The van der Waals surface area contributed by atoms with Gasteiger partial charge in [-0.15, -0.1) is 0 Å². The SMILES string of the molecule is COCc1cccc(C(O)Cc2cc(Cl)ccc2OC)c1. The van der Waals surface area contributed by atoms with Gasteiger partial charge >= 0.3 is 0 Å². The molecular weight excluding hydrogens is 288 g/mol. The molecule has 1 unspecified atom stereocenters. The smallest absolute Gasteiger partial charge is 0.122 e. The van der Waals surface area contributed by atoms with E-state index in [4.69, 9.17) is 21.1 Å². The van der Waals surface area contributed by atoms with Gasteiger partial charge in [0.2, 0.25) is 0 Å². The fourth-order valence-corrected chi connectivity index (χ4v) is 2.48. The van der Waals surface area contributed by atoms with Gasteiger partial charge < -0.3 is 14.6 Å². The highest BCUT2D eigenvalue weighted by molar-refractivity contribution is 6.30. The summed E-state index contributed by atoms with van der Waals surface area (Å²) in [4.78, 5) is 0. The molecule has 0 fully saturated rings. The van der Waals surface area contributed by atoms with Crippen molar-refractivity contribution in [1.29, 1.82) is 0 Å². The zero-order valence-electron chi connectivity index (χ0n) is 12.2. The third kappa shape index (κ3) is 4.21. The van der Waals surface area contributed by atoms with Crippen LogP contribution in [0.3, 0.4) is 0 Å². The van der Waals surface area contributed by atoms with Gasteiger partial charge in [0.1, 0.15) is 5.75 Å². The van der Waals surface area contributed by atoms with Gasteiger partial charge in [0.25, 0.3) is 0 Å². The summed E-state index contributed by atoms with van der Waals surface area (Å²) in [6, 6.07) is 13.2. The summed E-state index contributed by atoms with van der Waals surface area (Å²) in [5.41, 5.74) is 2.77. The number of aliphatic hydroxyl groups is 1. The normalized spacial score (nSPS) is 12.2. The van der Waals surface area contributed by atoms with E-state index in [2.05, 4.69) is 0 Å². The van der Waals surface area contributed by atoms with Gasteiger partial charge in [-0.2, -0.15) is 0 Å². The summed E-state index contributed by atoms with van der Waals surface area (Å²) >= 11 is 6.02. The number of benzene rings is 2. The molecule has 112 valence electrons. The number of aliphatic hydroxyl groups excluding tert-OH is 1. The van der Waals surface area contributed by atoms with Crippen LogP contribution in [0, 0.1) is 0 Å². The monoisotopic (exact) mass is 306 g/mol. The van der Waals surface area contributed by atoms with Crippen LogP contribution in [0.1, 0.15) is 22.8 Å². The first-order chi connectivity index (χ1) is 10.1. The molecule has 0 heterocycles. The number of methoxy groups -OCH3 is 2. The third-order valence-electron chi connectivity index (χ3n) is 3.30. The predicted octanol–water partition coefficient (Wildman–Crippen LogP) is 3.77. The molecule has 4 heteroatoms. The number of hydrogen-bond donors (Lipinski definition) is 1. The lowest BCUT2D eigenvalue weighted by molar-refractivity contribution is 0.174. The second-order valence-corrected chi connectivity index (χ2v) is 5.29. The molecule has 0 aliphatic rings. The van der Waals surface area contributed by atoms with Crippen molar-refractivity contribution in [1.82, 2.24) is 0 Å². The van der Waals surface area contributed by atoms with Crippen molar-refractivity contribution in [3.05, 3.63) is 64.2 Å². The molecule has 0 saturated heterocycles. The molecular formula is C17H19ClO3. The van der Waals surface area contributed by atoms with Gasteiger partial charge in [-0.1, -0.05) is 35.9 Å². The average molecular weight is 307 g/mol. The van der Waals surface area contributed by atoms with Crippen LogP contribution < -0.4 is 4.74 Å². The zero-order chi connectivity index (χ0) is 15.2.